The van der Waals surface area contributed by atoms with E-state index in [2.05, 4.69) is 9.97 Å². The van der Waals surface area contributed by atoms with Gasteiger partial charge >= 0.3 is 5.97 Å². The minimum Gasteiger partial charge on any atom is -0.468 e. The molecule has 2 aromatic rings. The number of ether oxygens (including phenoxy) is 1. The van der Waals surface area contributed by atoms with E-state index in [9.17, 15) is 13.2 Å². The molecule has 2 heterocycles. The highest BCUT2D eigenvalue weighted by Crippen LogP contribution is 2.29. The van der Waals surface area contributed by atoms with Crippen LogP contribution in [0.5, 0.6) is 0 Å². The van der Waals surface area contributed by atoms with Crippen molar-refractivity contribution in [3.05, 3.63) is 47.0 Å². The summed E-state index contributed by atoms with van der Waals surface area (Å²) in [6.45, 7) is 3.63. The molecule has 128 valence electrons. The fourth-order valence-corrected chi connectivity index (χ4v) is 4.77. The van der Waals surface area contributed by atoms with E-state index in [0.29, 0.717) is 17.0 Å². The Labute approximate surface area is 140 Å². The van der Waals surface area contributed by atoms with Crippen LogP contribution in [-0.2, 0) is 32.5 Å². The second kappa shape index (κ2) is 6.03. The van der Waals surface area contributed by atoms with Crippen molar-refractivity contribution < 1.29 is 17.9 Å². The number of esters is 1. The highest BCUT2D eigenvalue weighted by atomic mass is 32.2. The van der Waals surface area contributed by atoms with Crippen molar-refractivity contribution in [2.75, 3.05) is 7.11 Å². The smallest absolute Gasteiger partial charge is 0.324 e. The van der Waals surface area contributed by atoms with Crippen molar-refractivity contribution in [2.24, 2.45) is 0 Å². The van der Waals surface area contributed by atoms with Crippen LogP contribution in [0.4, 0.5) is 0 Å². The molecule has 0 spiro atoms. The molecule has 0 amide bonds. The number of H-pyrrole nitrogens is 1. The molecule has 0 fully saturated rings. The number of fused-ring (bicyclic) bond motifs is 1. The van der Waals surface area contributed by atoms with Crippen molar-refractivity contribution >= 4 is 16.0 Å². The summed E-state index contributed by atoms with van der Waals surface area (Å²) in [5, 5.41) is 0. The number of aromatic nitrogens is 2. The third-order valence-corrected chi connectivity index (χ3v) is 6.26. The van der Waals surface area contributed by atoms with Crippen LogP contribution in [0.25, 0.3) is 0 Å². The van der Waals surface area contributed by atoms with Crippen LogP contribution in [-0.4, -0.2) is 41.8 Å². The van der Waals surface area contributed by atoms with E-state index in [4.69, 9.17) is 4.74 Å². The van der Waals surface area contributed by atoms with Gasteiger partial charge in [-0.25, -0.2) is 13.4 Å². The van der Waals surface area contributed by atoms with Crippen LogP contribution in [0.3, 0.4) is 0 Å². The van der Waals surface area contributed by atoms with Crippen molar-refractivity contribution in [3.63, 3.8) is 0 Å². The molecule has 0 aliphatic carbocycles. The van der Waals surface area contributed by atoms with Gasteiger partial charge in [-0.05, 0) is 31.0 Å². The zero-order valence-electron chi connectivity index (χ0n) is 13.7. The number of benzene rings is 1. The number of hydrogen-bond donors (Lipinski definition) is 1. The predicted octanol–water partition coefficient (Wildman–Crippen LogP) is 1.32. The lowest BCUT2D eigenvalue weighted by atomic mass is 10.1. The number of hydrogen-bond acceptors (Lipinski definition) is 5. The second-order valence-electron chi connectivity index (χ2n) is 5.89. The van der Waals surface area contributed by atoms with Crippen LogP contribution < -0.4 is 0 Å². The molecule has 0 radical (unpaired) electrons. The largest absolute Gasteiger partial charge is 0.468 e. The molecule has 8 heteroatoms. The van der Waals surface area contributed by atoms with Crippen LogP contribution in [0.1, 0.15) is 22.5 Å². The molecule has 0 bridgehead atoms. The number of methoxy groups -OCH3 is 1. The SMILES string of the molecule is COC(=O)C1Cc2nc[nH]c2CN1S(=O)(=O)c1cc(C)ccc1C. The first kappa shape index (κ1) is 16.7. The van der Waals surface area contributed by atoms with E-state index in [-0.39, 0.29) is 17.9 Å². The Morgan fingerprint density at radius 2 is 2.12 bits per heavy atom. The minimum absolute atomic E-state index is 0.0603. The van der Waals surface area contributed by atoms with Crippen LogP contribution in [0.2, 0.25) is 0 Å². The lowest BCUT2D eigenvalue weighted by Gasteiger charge is -2.32. The van der Waals surface area contributed by atoms with Gasteiger partial charge < -0.3 is 9.72 Å². The third kappa shape index (κ3) is 2.71. The molecule has 1 N–H and O–H groups in total. The van der Waals surface area contributed by atoms with E-state index < -0.39 is 22.0 Å². The van der Waals surface area contributed by atoms with Gasteiger partial charge in [-0.3, -0.25) is 4.79 Å². The lowest BCUT2D eigenvalue weighted by Crippen LogP contribution is -2.49. The monoisotopic (exact) mass is 349 g/mol. The van der Waals surface area contributed by atoms with E-state index in [0.717, 1.165) is 5.56 Å². The average Bonchev–Trinajstić information content (AvgIpc) is 3.02. The fraction of sp³-hybridized carbons (Fsp3) is 0.375. The Kier molecular flexibility index (Phi) is 4.18. The van der Waals surface area contributed by atoms with Gasteiger partial charge in [0, 0.05) is 6.42 Å². The summed E-state index contributed by atoms with van der Waals surface area (Å²) in [4.78, 5) is 19.5. The Morgan fingerprint density at radius 1 is 1.38 bits per heavy atom. The Morgan fingerprint density at radius 3 is 2.83 bits per heavy atom. The number of aromatic amines is 1. The Balaban J connectivity index is 2.10. The predicted molar refractivity (Wildman–Crippen MR) is 86.7 cm³/mol. The van der Waals surface area contributed by atoms with Crippen LogP contribution in [0.15, 0.2) is 29.4 Å². The molecule has 1 unspecified atom stereocenters. The maximum atomic E-state index is 13.2. The van der Waals surface area contributed by atoms with E-state index in [1.165, 1.54) is 17.7 Å². The molecule has 24 heavy (non-hydrogen) atoms. The molecule has 1 aliphatic heterocycles. The first-order valence-corrected chi connectivity index (χ1v) is 8.96. The number of carbonyl (C=O) groups excluding carboxylic acids is 1. The summed E-state index contributed by atoms with van der Waals surface area (Å²) in [5.41, 5.74) is 2.87. The second-order valence-corrected chi connectivity index (χ2v) is 7.75. The van der Waals surface area contributed by atoms with E-state index >= 15 is 0 Å². The Bertz CT molecular complexity index is 888. The van der Waals surface area contributed by atoms with E-state index in [1.807, 2.05) is 13.0 Å². The Hall–Kier alpha value is -2.19. The number of sulfonamides is 1. The zero-order valence-corrected chi connectivity index (χ0v) is 14.6. The molecule has 1 atom stereocenters. The maximum Gasteiger partial charge on any atom is 0.324 e. The molecule has 3 rings (SSSR count). The molecular formula is C16H19N3O4S. The topological polar surface area (TPSA) is 92.4 Å². The molecule has 1 aliphatic rings. The minimum atomic E-state index is -3.86. The number of nitrogens with zero attached hydrogens (tertiary/aromatic N) is 2. The summed E-state index contributed by atoms with van der Waals surface area (Å²) in [6.07, 6.45) is 1.70. The van der Waals surface area contributed by atoms with Gasteiger partial charge in [-0.1, -0.05) is 12.1 Å². The van der Waals surface area contributed by atoms with Gasteiger partial charge in [0.1, 0.15) is 6.04 Å². The number of aryl methyl sites for hydroxylation is 2. The van der Waals surface area contributed by atoms with Gasteiger partial charge in [-0.2, -0.15) is 4.31 Å². The zero-order chi connectivity index (χ0) is 17.5. The van der Waals surface area contributed by atoms with Gasteiger partial charge in [0.15, 0.2) is 0 Å². The molecule has 7 nitrogen and oxygen atoms in total. The molecule has 0 saturated carbocycles. The molecule has 1 aromatic carbocycles. The summed E-state index contributed by atoms with van der Waals surface area (Å²) in [5.74, 6) is -0.586. The van der Waals surface area contributed by atoms with Crippen molar-refractivity contribution in [1.29, 1.82) is 0 Å². The third-order valence-electron chi connectivity index (χ3n) is 4.26. The van der Waals surface area contributed by atoms with Gasteiger partial charge in [0.2, 0.25) is 10.0 Å². The number of rotatable bonds is 3. The first-order valence-electron chi connectivity index (χ1n) is 7.52. The van der Waals surface area contributed by atoms with Crippen molar-refractivity contribution in [1.82, 2.24) is 14.3 Å². The van der Waals surface area contributed by atoms with Crippen LogP contribution >= 0.6 is 0 Å². The molecule has 0 saturated heterocycles. The van der Waals surface area contributed by atoms with Gasteiger partial charge in [-0.15, -0.1) is 0 Å². The summed E-state index contributed by atoms with van der Waals surface area (Å²) >= 11 is 0. The van der Waals surface area contributed by atoms with Crippen molar-refractivity contribution in [2.45, 2.75) is 37.8 Å². The molecule has 1 aromatic heterocycles. The highest BCUT2D eigenvalue weighted by Gasteiger charge is 2.41. The highest BCUT2D eigenvalue weighted by molar-refractivity contribution is 7.89. The lowest BCUT2D eigenvalue weighted by molar-refractivity contribution is -0.145. The maximum absolute atomic E-state index is 13.2. The number of nitrogens with one attached hydrogen (secondary N) is 1. The van der Waals surface area contributed by atoms with E-state index in [1.54, 1.807) is 19.1 Å². The normalized spacial score (nSPS) is 18.2. The average molecular weight is 349 g/mol. The van der Waals surface area contributed by atoms with Crippen LogP contribution in [0, 0.1) is 13.8 Å². The number of carbonyl (C=O) groups is 1. The first-order chi connectivity index (χ1) is 11.3. The summed E-state index contributed by atoms with van der Waals surface area (Å²) in [7, 11) is -2.60. The summed E-state index contributed by atoms with van der Waals surface area (Å²) < 4.78 is 32.4. The van der Waals surface area contributed by atoms with Gasteiger partial charge in [0.25, 0.3) is 0 Å². The standard InChI is InChI=1S/C16H19N3O4S/c1-10-4-5-11(2)15(6-10)24(21,22)19-8-13-12(17-9-18-13)7-14(19)16(20)23-3/h4-6,9,14H,7-8H2,1-3H3,(H,17,18). The number of imidazole rings is 1. The summed E-state index contributed by atoms with van der Waals surface area (Å²) in [6, 6.07) is 4.33. The quantitative estimate of drug-likeness (QED) is 0.844. The fourth-order valence-electron chi connectivity index (χ4n) is 2.91. The molecular weight excluding hydrogens is 330 g/mol. The van der Waals surface area contributed by atoms with Crippen molar-refractivity contribution in [3.8, 4) is 0 Å². The van der Waals surface area contributed by atoms with Gasteiger partial charge in [0.05, 0.1) is 36.3 Å².